The molecule has 0 saturated heterocycles. The Morgan fingerprint density at radius 2 is 2.42 bits per heavy atom. The molecule has 1 fully saturated rings. The van der Waals surface area contributed by atoms with Crippen molar-refractivity contribution in [3.8, 4) is 0 Å². The van der Waals surface area contributed by atoms with Gasteiger partial charge in [0, 0.05) is 6.42 Å². The normalized spacial score (nSPS) is 36.3. The molecule has 2 atom stereocenters. The Kier molecular flexibility index (Phi) is 2.70. The van der Waals surface area contributed by atoms with E-state index >= 15 is 0 Å². The van der Waals surface area contributed by atoms with Gasteiger partial charge in [-0.25, -0.2) is 4.39 Å². The molecule has 1 rings (SSSR count). The topological polar surface area (TPSA) is 37.3 Å². The number of halogens is 1. The third-order valence-electron chi connectivity index (χ3n) is 2.49. The van der Waals surface area contributed by atoms with Gasteiger partial charge in [0.25, 0.3) is 0 Å². The molecule has 2 unspecified atom stereocenters. The molecule has 70 valence electrons. The van der Waals surface area contributed by atoms with E-state index in [2.05, 4.69) is 0 Å². The van der Waals surface area contributed by atoms with Crippen LogP contribution in [0.15, 0.2) is 0 Å². The SMILES string of the molecule is CC1(F)CCCC(CC(=O)O)C1. The number of hydrogen-bond acceptors (Lipinski definition) is 1. The predicted molar refractivity (Wildman–Crippen MR) is 43.7 cm³/mol. The van der Waals surface area contributed by atoms with E-state index in [1.54, 1.807) is 6.92 Å². The fourth-order valence-electron chi connectivity index (χ4n) is 1.99. The van der Waals surface area contributed by atoms with E-state index < -0.39 is 11.6 Å². The highest BCUT2D eigenvalue weighted by molar-refractivity contribution is 5.67. The minimum atomic E-state index is -1.13. The van der Waals surface area contributed by atoms with Gasteiger partial charge >= 0.3 is 5.97 Å². The van der Waals surface area contributed by atoms with Crippen LogP contribution in [-0.4, -0.2) is 16.7 Å². The maximum absolute atomic E-state index is 13.4. The Hall–Kier alpha value is -0.600. The highest BCUT2D eigenvalue weighted by Crippen LogP contribution is 2.36. The van der Waals surface area contributed by atoms with Crippen molar-refractivity contribution in [2.75, 3.05) is 0 Å². The average molecular weight is 174 g/mol. The Labute approximate surface area is 71.8 Å². The fourth-order valence-corrected chi connectivity index (χ4v) is 1.99. The first-order valence-electron chi connectivity index (χ1n) is 4.40. The van der Waals surface area contributed by atoms with Crippen LogP contribution in [0.2, 0.25) is 0 Å². The second-order valence-corrected chi connectivity index (χ2v) is 3.97. The van der Waals surface area contributed by atoms with E-state index in [1.165, 1.54) is 0 Å². The van der Waals surface area contributed by atoms with Gasteiger partial charge in [0.15, 0.2) is 0 Å². The lowest BCUT2D eigenvalue weighted by atomic mass is 9.79. The van der Waals surface area contributed by atoms with E-state index in [0.29, 0.717) is 12.8 Å². The fraction of sp³-hybridized carbons (Fsp3) is 0.889. The van der Waals surface area contributed by atoms with Crippen LogP contribution in [0.5, 0.6) is 0 Å². The minimum absolute atomic E-state index is 0.0475. The summed E-state index contributed by atoms with van der Waals surface area (Å²) in [5.74, 6) is -0.760. The molecule has 0 aromatic rings. The van der Waals surface area contributed by atoms with Gasteiger partial charge in [0.1, 0.15) is 5.67 Å². The quantitative estimate of drug-likeness (QED) is 0.697. The zero-order chi connectivity index (χ0) is 9.19. The number of carboxylic acids is 1. The van der Waals surface area contributed by atoms with Crippen molar-refractivity contribution < 1.29 is 14.3 Å². The van der Waals surface area contributed by atoms with Crippen molar-refractivity contribution in [3.05, 3.63) is 0 Å². The standard InChI is InChI=1S/C9H15FO2/c1-9(10)4-2-3-7(6-9)5-8(11)12/h7H,2-6H2,1H3,(H,11,12). The zero-order valence-electron chi connectivity index (χ0n) is 7.35. The summed E-state index contributed by atoms with van der Waals surface area (Å²) in [5.41, 5.74) is -1.13. The first kappa shape index (κ1) is 9.49. The molecule has 1 N–H and O–H groups in total. The molecule has 1 aliphatic carbocycles. The smallest absolute Gasteiger partial charge is 0.303 e. The van der Waals surface area contributed by atoms with Gasteiger partial charge in [-0.1, -0.05) is 0 Å². The summed E-state index contributed by atoms with van der Waals surface area (Å²) in [6.45, 7) is 1.57. The van der Waals surface area contributed by atoms with Gasteiger partial charge in [-0.2, -0.15) is 0 Å². The molecule has 1 saturated carbocycles. The molecule has 0 aromatic carbocycles. The Balaban J connectivity index is 2.41. The van der Waals surface area contributed by atoms with Crippen LogP contribution in [-0.2, 0) is 4.79 Å². The first-order valence-corrected chi connectivity index (χ1v) is 4.40. The second-order valence-electron chi connectivity index (χ2n) is 3.97. The molecule has 3 heteroatoms. The molecule has 1 aliphatic rings. The molecule has 0 amide bonds. The molecule has 0 aliphatic heterocycles. The molecule has 2 nitrogen and oxygen atoms in total. The lowest BCUT2D eigenvalue weighted by Crippen LogP contribution is -2.28. The van der Waals surface area contributed by atoms with E-state index in [1.807, 2.05) is 0 Å². The van der Waals surface area contributed by atoms with Gasteiger partial charge in [-0.05, 0) is 38.5 Å². The van der Waals surface area contributed by atoms with Crippen LogP contribution in [0.4, 0.5) is 4.39 Å². The monoisotopic (exact) mass is 174 g/mol. The maximum atomic E-state index is 13.4. The van der Waals surface area contributed by atoms with E-state index in [0.717, 1.165) is 12.8 Å². The second kappa shape index (κ2) is 3.42. The first-order chi connectivity index (χ1) is 5.49. The number of alkyl halides is 1. The summed E-state index contributed by atoms with van der Waals surface area (Å²) in [4.78, 5) is 10.4. The lowest BCUT2D eigenvalue weighted by molar-refractivity contribution is -0.138. The summed E-state index contributed by atoms with van der Waals surface area (Å²) >= 11 is 0. The Morgan fingerprint density at radius 3 is 2.92 bits per heavy atom. The molecular weight excluding hydrogens is 159 g/mol. The van der Waals surface area contributed by atoms with Crippen LogP contribution in [0.3, 0.4) is 0 Å². The Morgan fingerprint density at radius 1 is 1.75 bits per heavy atom. The van der Waals surface area contributed by atoms with Crippen LogP contribution in [0, 0.1) is 5.92 Å². The van der Waals surface area contributed by atoms with E-state index in [-0.39, 0.29) is 12.3 Å². The number of aliphatic carboxylic acids is 1. The van der Waals surface area contributed by atoms with Crippen molar-refractivity contribution >= 4 is 5.97 Å². The predicted octanol–water partition coefficient (Wildman–Crippen LogP) is 2.38. The molecule has 0 bridgehead atoms. The largest absolute Gasteiger partial charge is 0.481 e. The van der Waals surface area contributed by atoms with Gasteiger partial charge in [-0.15, -0.1) is 0 Å². The number of hydrogen-bond donors (Lipinski definition) is 1. The number of rotatable bonds is 2. The molecule has 0 radical (unpaired) electrons. The summed E-state index contributed by atoms with van der Waals surface area (Å²) in [6, 6.07) is 0. The third kappa shape index (κ3) is 2.80. The molecule has 0 aromatic heterocycles. The molecule has 0 heterocycles. The highest BCUT2D eigenvalue weighted by Gasteiger charge is 2.32. The van der Waals surface area contributed by atoms with Crippen molar-refractivity contribution in [2.45, 2.75) is 44.7 Å². The summed E-state index contributed by atoms with van der Waals surface area (Å²) in [7, 11) is 0. The molecular formula is C9H15FO2. The average Bonchev–Trinajstić information content (AvgIpc) is 1.82. The lowest BCUT2D eigenvalue weighted by Gasteiger charge is -2.30. The maximum Gasteiger partial charge on any atom is 0.303 e. The number of carboxylic acid groups (broad SMARTS) is 1. The van der Waals surface area contributed by atoms with Gasteiger partial charge in [0.2, 0.25) is 0 Å². The summed E-state index contributed by atoms with van der Waals surface area (Å²) in [5, 5.41) is 8.51. The minimum Gasteiger partial charge on any atom is -0.481 e. The Bertz CT molecular complexity index is 177. The van der Waals surface area contributed by atoms with E-state index in [4.69, 9.17) is 5.11 Å². The third-order valence-corrected chi connectivity index (χ3v) is 2.49. The van der Waals surface area contributed by atoms with Crippen LogP contribution in [0.1, 0.15) is 39.0 Å². The van der Waals surface area contributed by atoms with E-state index in [9.17, 15) is 9.18 Å². The van der Waals surface area contributed by atoms with Crippen LogP contribution in [0.25, 0.3) is 0 Å². The molecule has 12 heavy (non-hydrogen) atoms. The summed E-state index contributed by atoms with van der Waals surface area (Å²) in [6.07, 6.45) is 2.82. The van der Waals surface area contributed by atoms with Crippen molar-refractivity contribution in [2.24, 2.45) is 5.92 Å². The van der Waals surface area contributed by atoms with Gasteiger partial charge in [-0.3, -0.25) is 4.79 Å². The highest BCUT2D eigenvalue weighted by atomic mass is 19.1. The van der Waals surface area contributed by atoms with Gasteiger partial charge < -0.3 is 5.11 Å². The van der Waals surface area contributed by atoms with Crippen molar-refractivity contribution in [1.29, 1.82) is 0 Å². The van der Waals surface area contributed by atoms with Crippen molar-refractivity contribution in [3.63, 3.8) is 0 Å². The van der Waals surface area contributed by atoms with Crippen LogP contribution < -0.4 is 0 Å². The summed E-state index contributed by atoms with van der Waals surface area (Å²) < 4.78 is 13.4. The number of carbonyl (C=O) groups is 1. The molecule has 0 spiro atoms. The van der Waals surface area contributed by atoms with Gasteiger partial charge in [0.05, 0.1) is 0 Å². The zero-order valence-corrected chi connectivity index (χ0v) is 7.35. The van der Waals surface area contributed by atoms with Crippen LogP contribution >= 0.6 is 0 Å². The van der Waals surface area contributed by atoms with Crippen molar-refractivity contribution in [1.82, 2.24) is 0 Å².